The minimum Gasteiger partial charge on any atom is -0.353 e. The van der Waals surface area contributed by atoms with E-state index in [1.165, 1.54) is 31.2 Å². The van der Waals surface area contributed by atoms with Gasteiger partial charge in [0.1, 0.15) is 0 Å². The number of imidazole rings is 1. The van der Waals surface area contributed by atoms with Gasteiger partial charge in [-0.15, -0.1) is 0 Å². The molecule has 1 aromatic carbocycles. The molecule has 3 nitrogen and oxygen atoms in total. The van der Waals surface area contributed by atoms with Crippen LogP contribution in [0.15, 0.2) is 30.5 Å². The Bertz CT molecular complexity index is 585. The fraction of sp³-hybridized carbons (Fsp3) is 0.438. The van der Waals surface area contributed by atoms with Gasteiger partial charge in [0, 0.05) is 17.3 Å². The summed E-state index contributed by atoms with van der Waals surface area (Å²) in [6, 6.07) is 8.58. The van der Waals surface area contributed by atoms with Gasteiger partial charge < -0.3 is 9.88 Å². The molecular formula is C16H20ClN3. The lowest BCUT2D eigenvalue weighted by atomic mass is 10.2. The number of aryl methyl sites for hydroxylation is 1. The van der Waals surface area contributed by atoms with E-state index in [9.17, 15) is 0 Å². The second kappa shape index (κ2) is 5.88. The maximum atomic E-state index is 6.05. The molecule has 0 unspecified atom stereocenters. The Balaban J connectivity index is 1.78. The van der Waals surface area contributed by atoms with Gasteiger partial charge in [0.15, 0.2) is 0 Å². The van der Waals surface area contributed by atoms with Crippen LogP contribution in [0.2, 0.25) is 5.02 Å². The maximum Gasteiger partial charge on any atom is 0.203 e. The fourth-order valence-corrected chi connectivity index (χ4v) is 3.08. The Morgan fingerprint density at radius 3 is 2.90 bits per heavy atom. The van der Waals surface area contributed by atoms with Crippen molar-refractivity contribution in [1.29, 1.82) is 0 Å². The number of anilines is 1. The Kier molecular flexibility index (Phi) is 3.97. The summed E-state index contributed by atoms with van der Waals surface area (Å²) in [7, 11) is 0. The summed E-state index contributed by atoms with van der Waals surface area (Å²) >= 11 is 6.05. The minimum absolute atomic E-state index is 0.579. The van der Waals surface area contributed by atoms with Crippen LogP contribution in [0.4, 0.5) is 5.95 Å². The van der Waals surface area contributed by atoms with E-state index in [0.717, 1.165) is 23.2 Å². The number of nitrogens with zero attached hydrogens (tertiary/aromatic N) is 2. The average Bonchev–Trinajstić information content (AvgIpc) is 3.01. The van der Waals surface area contributed by atoms with E-state index in [4.69, 9.17) is 11.6 Å². The molecule has 1 aliphatic carbocycles. The molecule has 1 fully saturated rings. The topological polar surface area (TPSA) is 29.9 Å². The zero-order valence-corrected chi connectivity index (χ0v) is 12.5. The first-order valence-corrected chi connectivity index (χ1v) is 7.63. The lowest BCUT2D eigenvalue weighted by Crippen LogP contribution is -2.18. The molecule has 1 aromatic heterocycles. The highest BCUT2D eigenvalue weighted by Crippen LogP contribution is 2.23. The lowest BCUT2D eigenvalue weighted by molar-refractivity contribution is 0.716. The molecule has 4 heteroatoms. The van der Waals surface area contributed by atoms with Gasteiger partial charge >= 0.3 is 0 Å². The number of aromatic nitrogens is 2. The smallest absolute Gasteiger partial charge is 0.203 e. The molecular weight excluding hydrogens is 270 g/mol. The molecule has 0 saturated heterocycles. The normalized spacial score (nSPS) is 15.7. The number of hydrogen-bond acceptors (Lipinski definition) is 2. The van der Waals surface area contributed by atoms with Crippen molar-refractivity contribution < 1.29 is 0 Å². The number of rotatable bonds is 4. The summed E-state index contributed by atoms with van der Waals surface area (Å²) in [5, 5.41) is 4.37. The molecule has 0 spiro atoms. The minimum atomic E-state index is 0.579. The van der Waals surface area contributed by atoms with Crippen LogP contribution < -0.4 is 5.32 Å². The van der Waals surface area contributed by atoms with Crippen molar-refractivity contribution in [3.63, 3.8) is 0 Å². The van der Waals surface area contributed by atoms with Gasteiger partial charge in [-0.25, -0.2) is 4.98 Å². The maximum absolute atomic E-state index is 6.05. The molecule has 20 heavy (non-hydrogen) atoms. The van der Waals surface area contributed by atoms with Gasteiger partial charge in [-0.05, 0) is 37.5 Å². The van der Waals surface area contributed by atoms with Crippen LogP contribution in [0.25, 0.3) is 0 Å². The first-order chi connectivity index (χ1) is 9.70. The molecule has 0 bridgehead atoms. The number of nitrogens with one attached hydrogen (secondary N) is 1. The predicted octanol–water partition coefficient (Wildman–Crippen LogP) is 4.25. The van der Waals surface area contributed by atoms with Crippen LogP contribution in [0.3, 0.4) is 0 Å². The lowest BCUT2D eigenvalue weighted by Gasteiger charge is -2.14. The molecule has 0 aliphatic heterocycles. The average molecular weight is 290 g/mol. The zero-order chi connectivity index (χ0) is 13.9. The number of hydrogen-bond donors (Lipinski definition) is 1. The van der Waals surface area contributed by atoms with Crippen LogP contribution in [0, 0.1) is 6.92 Å². The van der Waals surface area contributed by atoms with Crippen molar-refractivity contribution in [2.75, 3.05) is 5.32 Å². The molecule has 106 valence electrons. The molecule has 3 rings (SSSR count). The monoisotopic (exact) mass is 289 g/mol. The van der Waals surface area contributed by atoms with E-state index in [1.807, 2.05) is 25.1 Å². The van der Waals surface area contributed by atoms with Crippen LogP contribution in [0.5, 0.6) is 0 Å². The predicted molar refractivity (Wildman–Crippen MR) is 83.4 cm³/mol. The summed E-state index contributed by atoms with van der Waals surface area (Å²) in [5.41, 5.74) is 2.25. The third kappa shape index (κ3) is 3.15. The van der Waals surface area contributed by atoms with Crippen LogP contribution in [-0.4, -0.2) is 15.6 Å². The van der Waals surface area contributed by atoms with Crippen molar-refractivity contribution >= 4 is 17.5 Å². The van der Waals surface area contributed by atoms with Crippen LogP contribution in [-0.2, 0) is 6.54 Å². The number of halogens is 1. The molecule has 2 aromatic rings. The van der Waals surface area contributed by atoms with Crippen molar-refractivity contribution in [3.05, 3.63) is 46.7 Å². The standard InChI is InChI=1S/C16H20ClN3/c1-12-10-20(11-13-5-4-6-14(17)9-13)16(18-12)19-15-7-2-3-8-15/h4-6,9-10,15H,2-3,7-8,11H2,1H3,(H,18,19). The van der Waals surface area contributed by atoms with E-state index in [-0.39, 0.29) is 0 Å². The van der Waals surface area contributed by atoms with Gasteiger partial charge in [-0.2, -0.15) is 0 Å². The van der Waals surface area contributed by atoms with Crippen molar-refractivity contribution in [2.45, 2.75) is 45.2 Å². The highest BCUT2D eigenvalue weighted by molar-refractivity contribution is 6.30. The Morgan fingerprint density at radius 2 is 2.15 bits per heavy atom. The van der Waals surface area contributed by atoms with Gasteiger partial charge in [-0.1, -0.05) is 36.6 Å². The van der Waals surface area contributed by atoms with Crippen LogP contribution in [0.1, 0.15) is 36.9 Å². The first-order valence-electron chi connectivity index (χ1n) is 7.25. The third-order valence-corrected chi connectivity index (χ3v) is 4.06. The van der Waals surface area contributed by atoms with Crippen molar-refractivity contribution in [3.8, 4) is 0 Å². The molecule has 0 atom stereocenters. The molecule has 0 amide bonds. The summed E-state index contributed by atoms with van der Waals surface area (Å²) < 4.78 is 2.18. The zero-order valence-electron chi connectivity index (χ0n) is 11.8. The van der Waals surface area contributed by atoms with Gasteiger partial charge in [0.25, 0.3) is 0 Å². The highest BCUT2D eigenvalue weighted by Gasteiger charge is 2.17. The molecule has 1 saturated carbocycles. The fourth-order valence-electron chi connectivity index (χ4n) is 2.87. The Morgan fingerprint density at radius 1 is 1.35 bits per heavy atom. The molecule has 1 aliphatic rings. The summed E-state index contributed by atoms with van der Waals surface area (Å²) in [5.74, 6) is 0.981. The number of benzene rings is 1. The first kappa shape index (κ1) is 13.5. The summed E-state index contributed by atoms with van der Waals surface area (Å²) in [6.45, 7) is 2.84. The second-order valence-corrected chi connectivity index (χ2v) is 6.03. The van der Waals surface area contributed by atoms with E-state index >= 15 is 0 Å². The van der Waals surface area contributed by atoms with Crippen LogP contribution >= 0.6 is 11.6 Å². The Hall–Kier alpha value is -1.48. The molecule has 1 N–H and O–H groups in total. The largest absolute Gasteiger partial charge is 0.353 e. The van der Waals surface area contributed by atoms with Gasteiger partial charge in [0.05, 0.1) is 12.2 Å². The quantitative estimate of drug-likeness (QED) is 0.912. The summed E-state index contributed by atoms with van der Waals surface area (Å²) in [4.78, 5) is 4.61. The Labute approximate surface area is 125 Å². The van der Waals surface area contributed by atoms with E-state index in [1.54, 1.807) is 0 Å². The summed E-state index contributed by atoms with van der Waals surface area (Å²) in [6.07, 6.45) is 7.25. The SMILES string of the molecule is Cc1cn(Cc2cccc(Cl)c2)c(NC2CCCC2)n1. The van der Waals surface area contributed by atoms with Crippen molar-refractivity contribution in [1.82, 2.24) is 9.55 Å². The molecule has 0 radical (unpaired) electrons. The molecule has 1 heterocycles. The third-order valence-electron chi connectivity index (χ3n) is 3.83. The van der Waals surface area contributed by atoms with Crippen molar-refractivity contribution in [2.24, 2.45) is 0 Å². The van der Waals surface area contributed by atoms with Gasteiger partial charge in [-0.3, -0.25) is 0 Å². The van der Waals surface area contributed by atoms with Gasteiger partial charge in [0.2, 0.25) is 5.95 Å². The second-order valence-electron chi connectivity index (χ2n) is 5.59. The van der Waals surface area contributed by atoms with E-state index < -0.39 is 0 Å². The van der Waals surface area contributed by atoms with E-state index in [0.29, 0.717) is 6.04 Å². The highest BCUT2D eigenvalue weighted by atomic mass is 35.5. The van der Waals surface area contributed by atoms with E-state index in [2.05, 4.69) is 27.1 Å².